The van der Waals surface area contributed by atoms with Crippen LogP contribution in [0.4, 0.5) is 5.82 Å². The van der Waals surface area contributed by atoms with E-state index in [9.17, 15) is 9.59 Å². The van der Waals surface area contributed by atoms with Gasteiger partial charge in [-0.2, -0.15) is 4.98 Å². The molecule has 0 aliphatic carbocycles. The van der Waals surface area contributed by atoms with Crippen LogP contribution in [0.2, 0.25) is 5.02 Å². The molecular formula is C27H37ClN6O4. The summed E-state index contributed by atoms with van der Waals surface area (Å²) in [6, 6.07) is 9.19. The van der Waals surface area contributed by atoms with Crippen LogP contribution in [0, 0.1) is 0 Å². The Kier molecular flexibility index (Phi) is 10.2. The molecule has 10 nitrogen and oxygen atoms in total. The van der Waals surface area contributed by atoms with Gasteiger partial charge in [0.25, 0.3) is 5.91 Å². The molecule has 5 N–H and O–H groups in total. The van der Waals surface area contributed by atoms with Crippen molar-refractivity contribution in [1.29, 1.82) is 0 Å². The SMILES string of the molecule is COc1nc(N)c(Cl)cc1C(=O)NC1CCN(CCNCc2ccc(C(=O)OC3CCNCC3)cc2)CC1. The van der Waals surface area contributed by atoms with Gasteiger partial charge in [0.15, 0.2) is 0 Å². The number of benzene rings is 1. The van der Waals surface area contributed by atoms with Crippen molar-refractivity contribution >= 4 is 29.3 Å². The maximum atomic E-state index is 12.7. The highest BCUT2D eigenvalue weighted by Crippen LogP contribution is 2.25. The smallest absolute Gasteiger partial charge is 0.338 e. The number of nitrogens with one attached hydrogen (secondary N) is 3. The van der Waals surface area contributed by atoms with E-state index in [1.165, 1.54) is 13.2 Å². The van der Waals surface area contributed by atoms with E-state index in [-0.39, 0.29) is 46.3 Å². The number of hydrogen-bond donors (Lipinski definition) is 4. The Bertz CT molecular complexity index is 1090. The molecule has 0 saturated carbocycles. The molecule has 4 rings (SSSR count). The average Bonchev–Trinajstić information content (AvgIpc) is 2.94. The number of nitrogens with two attached hydrogens (primary N) is 1. The van der Waals surface area contributed by atoms with E-state index in [2.05, 4.69) is 25.8 Å². The van der Waals surface area contributed by atoms with E-state index in [1.807, 2.05) is 24.3 Å². The number of nitrogen functional groups attached to an aromatic ring is 1. The van der Waals surface area contributed by atoms with Gasteiger partial charge in [0.2, 0.25) is 5.88 Å². The number of methoxy groups -OCH3 is 1. The Balaban J connectivity index is 1.13. The minimum atomic E-state index is -0.262. The highest BCUT2D eigenvalue weighted by molar-refractivity contribution is 6.33. The molecular weight excluding hydrogens is 508 g/mol. The molecule has 1 aromatic heterocycles. The number of halogens is 1. The quantitative estimate of drug-likeness (QED) is 0.262. The number of nitrogens with zero attached hydrogens (tertiary/aromatic N) is 2. The van der Waals surface area contributed by atoms with E-state index in [1.54, 1.807) is 0 Å². The summed E-state index contributed by atoms with van der Waals surface area (Å²) >= 11 is 6.04. The second-order valence-electron chi connectivity index (χ2n) is 9.73. The topological polar surface area (TPSA) is 131 Å². The van der Waals surface area contributed by atoms with Gasteiger partial charge in [0.05, 0.1) is 17.7 Å². The Morgan fingerprint density at radius 2 is 1.87 bits per heavy atom. The predicted molar refractivity (Wildman–Crippen MR) is 147 cm³/mol. The maximum Gasteiger partial charge on any atom is 0.338 e. The number of rotatable bonds is 10. The number of likely N-dealkylation sites (tertiary alicyclic amines) is 1. The lowest BCUT2D eigenvalue weighted by Gasteiger charge is -2.32. The van der Waals surface area contributed by atoms with Crippen LogP contribution < -0.4 is 26.4 Å². The minimum absolute atomic E-state index is 0.00932. The number of anilines is 1. The minimum Gasteiger partial charge on any atom is -0.480 e. The van der Waals surface area contributed by atoms with Crippen LogP contribution in [-0.2, 0) is 11.3 Å². The van der Waals surface area contributed by atoms with Crippen molar-refractivity contribution in [3.8, 4) is 5.88 Å². The first-order valence-corrected chi connectivity index (χ1v) is 13.6. The van der Waals surface area contributed by atoms with Crippen LogP contribution in [0.5, 0.6) is 5.88 Å². The van der Waals surface area contributed by atoms with Crippen molar-refractivity contribution in [2.45, 2.75) is 44.4 Å². The second-order valence-corrected chi connectivity index (χ2v) is 10.1. The molecule has 2 aliphatic heterocycles. The number of carbonyl (C=O) groups is 2. The maximum absolute atomic E-state index is 12.7. The number of hydrogen-bond acceptors (Lipinski definition) is 9. The molecule has 0 atom stereocenters. The van der Waals surface area contributed by atoms with Gasteiger partial charge >= 0.3 is 5.97 Å². The molecule has 3 heterocycles. The molecule has 2 fully saturated rings. The first-order valence-electron chi connectivity index (χ1n) is 13.2. The van der Waals surface area contributed by atoms with E-state index in [0.717, 1.165) is 77.1 Å². The number of aromatic nitrogens is 1. The summed E-state index contributed by atoms with van der Waals surface area (Å²) in [6.07, 6.45) is 3.46. The molecule has 0 radical (unpaired) electrons. The number of ether oxygens (including phenoxy) is 2. The zero-order chi connectivity index (χ0) is 26.9. The van der Waals surface area contributed by atoms with Crippen LogP contribution in [0.25, 0.3) is 0 Å². The van der Waals surface area contributed by atoms with Crippen LogP contribution >= 0.6 is 11.6 Å². The fraction of sp³-hybridized carbons (Fsp3) is 0.519. The second kappa shape index (κ2) is 13.7. The van der Waals surface area contributed by atoms with Gasteiger partial charge < -0.3 is 36.1 Å². The summed E-state index contributed by atoms with van der Waals surface area (Å²) < 4.78 is 10.8. The Labute approximate surface area is 228 Å². The van der Waals surface area contributed by atoms with Crippen molar-refractivity contribution < 1.29 is 19.1 Å². The molecule has 11 heteroatoms. The largest absolute Gasteiger partial charge is 0.480 e. The van der Waals surface area contributed by atoms with Crippen LogP contribution in [0.3, 0.4) is 0 Å². The number of carbonyl (C=O) groups excluding carboxylic acids is 2. The summed E-state index contributed by atoms with van der Waals surface area (Å²) in [5, 5.41) is 10.0. The Hall–Kier alpha value is -2.92. The molecule has 1 amide bonds. The molecule has 2 saturated heterocycles. The fourth-order valence-corrected chi connectivity index (χ4v) is 4.88. The van der Waals surface area contributed by atoms with Gasteiger partial charge in [0, 0.05) is 38.8 Å². The lowest BCUT2D eigenvalue weighted by molar-refractivity contribution is 0.0229. The molecule has 1 aromatic carbocycles. The molecule has 0 bridgehead atoms. The Morgan fingerprint density at radius 3 is 2.55 bits per heavy atom. The first-order chi connectivity index (χ1) is 18.4. The highest BCUT2D eigenvalue weighted by atomic mass is 35.5. The van der Waals surface area contributed by atoms with Crippen molar-refractivity contribution in [2.75, 3.05) is 52.1 Å². The standard InChI is InChI=1S/C27H37ClN6O4/c1-37-26-22(16-23(28)24(29)33-26)25(35)32-20-8-13-34(14-9-20)15-12-31-17-18-2-4-19(5-3-18)27(36)38-21-6-10-30-11-7-21/h2-5,16,20-21,30-31H,6-15,17H2,1H3,(H2,29,33)(H,32,35). The third-order valence-corrected chi connectivity index (χ3v) is 7.32. The fourth-order valence-electron chi connectivity index (χ4n) is 4.73. The lowest BCUT2D eigenvalue weighted by atomic mass is 10.0. The third kappa shape index (κ3) is 7.80. The van der Waals surface area contributed by atoms with E-state index >= 15 is 0 Å². The predicted octanol–water partition coefficient (Wildman–Crippen LogP) is 2.22. The van der Waals surface area contributed by atoms with Gasteiger partial charge in [-0.15, -0.1) is 0 Å². The molecule has 38 heavy (non-hydrogen) atoms. The summed E-state index contributed by atoms with van der Waals surface area (Å²) in [5.74, 6) is -0.211. The average molecular weight is 545 g/mol. The Morgan fingerprint density at radius 1 is 1.16 bits per heavy atom. The molecule has 0 spiro atoms. The van der Waals surface area contributed by atoms with E-state index < -0.39 is 0 Å². The monoisotopic (exact) mass is 544 g/mol. The molecule has 0 unspecified atom stereocenters. The van der Waals surface area contributed by atoms with Gasteiger partial charge in [0.1, 0.15) is 17.5 Å². The van der Waals surface area contributed by atoms with Gasteiger partial charge in [-0.25, -0.2) is 4.79 Å². The van der Waals surface area contributed by atoms with E-state index in [4.69, 9.17) is 26.8 Å². The first kappa shape index (κ1) is 28.1. The zero-order valence-corrected chi connectivity index (χ0v) is 22.6. The van der Waals surface area contributed by atoms with Crippen LogP contribution in [0.15, 0.2) is 30.3 Å². The third-order valence-electron chi connectivity index (χ3n) is 7.01. The van der Waals surface area contributed by atoms with Gasteiger partial charge in [-0.3, -0.25) is 4.79 Å². The van der Waals surface area contributed by atoms with Crippen LogP contribution in [0.1, 0.15) is 52.0 Å². The van der Waals surface area contributed by atoms with Crippen molar-refractivity contribution in [3.05, 3.63) is 52.0 Å². The molecule has 2 aromatic rings. The highest BCUT2D eigenvalue weighted by Gasteiger charge is 2.24. The summed E-state index contributed by atoms with van der Waals surface area (Å²) in [7, 11) is 1.45. The van der Waals surface area contributed by atoms with Crippen molar-refractivity contribution in [3.63, 3.8) is 0 Å². The molecule has 206 valence electrons. The molecule has 2 aliphatic rings. The van der Waals surface area contributed by atoms with Gasteiger partial charge in [-0.1, -0.05) is 23.7 Å². The van der Waals surface area contributed by atoms with Crippen molar-refractivity contribution in [1.82, 2.24) is 25.8 Å². The lowest BCUT2D eigenvalue weighted by Crippen LogP contribution is -2.46. The van der Waals surface area contributed by atoms with Crippen LogP contribution in [-0.4, -0.2) is 80.3 Å². The number of pyridine rings is 1. The van der Waals surface area contributed by atoms with Crippen molar-refractivity contribution in [2.24, 2.45) is 0 Å². The zero-order valence-electron chi connectivity index (χ0n) is 21.8. The summed E-state index contributed by atoms with van der Waals surface area (Å²) in [5.41, 5.74) is 7.71. The number of piperidine rings is 2. The number of amides is 1. The number of esters is 1. The summed E-state index contributed by atoms with van der Waals surface area (Å²) in [6.45, 7) is 6.10. The summed E-state index contributed by atoms with van der Waals surface area (Å²) in [4.78, 5) is 31.5. The normalized spacial score (nSPS) is 17.2. The van der Waals surface area contributed by atoms with E-state index in [0.29, 0.717) is 5.56 Å². The van der Waals surface area contributed by atoms with Gasteiger partial charge in [-0.05, 0) is 62.5 Å².